The van der Waals surface area contributed by atoms with Crippen molar-refractivity contribution in [2.75, 3.05) is 31.7 Å². The summed E-state index contributed by atoms with van der Waals surface area (Å²) < 4.78 is 5.05. The molecule has 0 aliphatic heterocycles. The predicted molar refractivity (Wildman–Crippen MR) is 81.1 cm³/mol. The summed E-state index contributed by atoms with van der Waals surface area (Å²) in [5.74, 6) is 0. The topological polar surface area (TPSA) is 24.5 Å². The Morgan fingerprint density at radius 2 is 2.21 bits per heavy atom. The second-order valence-electron chi connectivity index (χ2n) is 4.96. The third-order valence-corrected chi connectivity index (χ3v) is 3.71. The minimum absolute atomic E-state index is 0.726. The summed E-state index contributed by atoms with van der Waals surface area (Å²) in [4.78, 5) is 2.49. The third-order valence-electron chi connectivity index (χ3n) is 3.48. The zero-order valence-electron chi connectivity index (χ0n) is 11.8. The van der Waals surface area contributed by atoms with E-state index in [4.69, 9.17) is 16.3 Å². The molecule has 2 rings (SSSR count). The van der Waals surface area contributed by atoms with Gasteiger partial charge in [-0.25, -0.2) is 0 Å². The van der Waals surface area contributed by atoms with Gasteiger partial charge in [0.1, 0.15) is 0 Å². The zero-order valence-corrected chi connectivity index (χ0v) is 12.5. The molecule has 19 heavy (non-hydrogen) atoms. The Hall–Kier alpha value is -0.770. The van der Waals surface area contributed by atoms with Crippen LogP contribution in [0, 0.1) is 0 Å². The zero-order chi connectivity index (χ0) is 13.7. The molecular formula is C15H23ClN2O. The van der Waals surface area contributed by atoms with Crippen molar-refractivity contribution in [1.29, 1.82) is 0 Å². The van der Waals surface area contributed by atoms with Crippen molar-refractivity contribution in [2.24, 2.45) is 0 Å². The smallest absolute Gasteiger partial charge is 0.0587 e. The minimum atomic E-state index is 0.726. The molecular weight excluding hydrogens is 260 g/mol. The Labute approximate surface area is 120 Å². The summed E-state index contributed by atoms with van der Waals surface area (Å²) in [6, 6.07) is 6.93. The Kier molecular flexibility index (Phi) is 5.49. The fourth-order valence-electron chi connectivity index (χ4n) is 2.38. The van der Waals surface area contributed by atoms with Crippen LogP contribution in [0.15, 0.2) is 18.2 Å². The van der Waals surface area contributed by atoms with Crippen molar-refractivity contribution >= 4 is 17.3 Å². The average molecular weight is 283 g/mol. The van der Waals surface area contributed by atoms with Crippen LogP contribution in [-0.2, 0) is 11.3 Å². The van der Waals surface area contributed by atoms with Crippen LogP contribution < -0.4 is 10.2 Å². The molecule has 0 saturated heterocycles. The number of nitrogens with one attached hydrogen (secondary N) is 1. The van der Waals surface area contributed by atoms with E-state index in [9.17, 15) is 0 Å². The third kappa shape index (κ3) is 4.10. The van der Waals surface area contributed by atoms with Crippen molar-refractivity contribution < 1.29 is 4.74 Å². The monoisotopic (exact) mass is 282 g/mol. The fourth-order valence-corrected chi connectivity index (χ4v) is 2.58. The van der Waals surface area contributed by atoms with E-state index in [1.54, 1.807) is 7.11 Å². The highest BCUT2D eigenvalue weighted by Gasteiger charge is 2.29. The fraction of sp³-hybridized carbons (Fsp3) is 0.600. The number of benzene rings is 1. The van der Waals surface area contributed by atoms with Crippen LogP contribution in [0.4, 0.5) is 5.69 Å². The summed E-state index contributed by atoms with van der Waals surface area (Å²) in [5.41, 5.74) is 2.59. The van der Waals surface area contributed by atoms with Crippen molar-refractivity contribution in [1.82, 2.24) is 5.32 Å². The normalized spacial score (nSPS) is 14.7. The highest BCUT2D eigenvalue weighted by Crippen LogP contribution is 2.34. The summed E-state index contributed by atoms with van der Waals surface area (Å²) in [6.07, 6.45) is 2.63. The average Bonchev–Trinajstić information content (AvgIpc) is 3.22. The maximum Gasteiger partial charge on any atom is 0.0587 e. The lowest BCUT2D eigenvalue weighted by Crippen LogP contribution is -2.27. The van der Waals surface area contributed by atoms with Crippen LogP contribution in [0.25, 0.3) is 0 Å². The highest BCUT2D eigenvalue weighted by atomic mass is 35.5. The first kappa shape index (κ1) is 14.6. The molecule has 1 N–H and O–H groups in total. The lowest BCUT2D eigenvalue weighted by atomic mass is 10.1. The van der Waals surface area contributed by atoms with Gasteiger partial charge in [-0.05, 0) is 43.5 Å². The molecule has 0 aromatic heterocycles. The molecule has 0 bridgehead atoms. The van der Waals surface area contributed by atoms with Crippen molar-refractivity contribution in [3.63, 3.8) is 0 Å². The number of ether oxygens (including phenoxy) is 1. The molecule has 106 valence electrons. The number of methoxy groups -OCH3 is 1. The first-order valence-electron chi connectivity index (χ1n) is 7.01. The van der Waals surface area contributed by atoms with Crippen LogP contribution in [0.2, 0.25) is 5.02 Å². The van der Waals surface area contributed by atoms with Gasteiger partial charge in [0.2, 0.25) is 0 Å². The number of anilines is 1. The number of nitrogens with zero attached hydrogens (tertiary/aromatic N) is 1. The van der Waals surface area contributed by atoms with Gasteiger partial charge in [0.15, 0.2) is 0 Å². The van der Waals surface area contributed by atoms with Crippen molar-refractivity contribution in [2.45, 2.75) is 32.4 Å². The predicted octanol–water partition coefficient (Wildman–Crippen LogP) is 3.06. The Bertz CT molecular complexity index is 407. The maximum atomic E-state index is 6.13. The number of hydrogen-bond donors (Lipinski definition) is 1. The van der Waals surface area contributed by atoms with Crippen molar-refractivity contribution in [3.8, 4) is 0 Å². The van der Waals surface area contributed by atoms with Gasteiger partial charge in [-0.1, -0.05) is 11.6 Å². The van der Waals surface area contributed by atoms with E-state index >= 15 is 0 Å². The van der Waals surface area contributed by atoms with Gasteiger partial charge in [-0.15, -0.1) is 0 Å². The van der Waals surface area contributed by atoms with Gasteiger partial charge >= 0.3 is 0 Å². The summed E-state index contributed by atoms with van der Waals surface area (Å²) >= 11 is 6.13. The van der Waals surface area contributed by atoms with Crippen LogP contribution in [0.5, 0.6) is 0 Å². The second-order valence-corrected chi connectivity index (χ2v) is 5.40. The molecule has 0 atom stereocenters. The molecule has 1 aliphatic rings. The van der Waals surface area contributed by atoms with Gasteiger partial charge in [0, 0.05) is 43.5 Å². The van der Waals surface area contributed by atoms with E-state index in [1.165, 1.54) is 24.1 Å². The largest absolute Gasteiger partial charge is 0.383 e. The molecule has 3 nitrogen and oxygen atoms in total. The number of halogens is 1. The van der Waals surface area contributed by atoms with Gasteiger partial charge in [0.05, 0.1) is 6.61 Å². The minimum Gasteiger partial charge on any atom is -0.383 e. The quantitative estimate of drug-likeness (QED) is 0.742. The van der Waals surface area contributed by atoms with E-state index in [2.05, 4.69) is 29.3 Å². The molecule has 1 fully saturated rings. The Morgan fingerprint density at radius 3 is 2.84 bits per heavy atom. The van der Waals surface area contributed by atoms with Crippen molar-refractivity contribution in [3.05, 3.63) is 28.8 Å². The van der Waals surface area contributed by atoms with E-state index in [0.29, 0.717) is 0 Å². The van der Waals surface area contributed by atoms with Gasteiger partial charge in [-0.2, -0.15) is 0 Å². The lowest BCUT2D eigenvalue weighted by Gasteiger charge is -2.26. The van der Waals surface area contributed by atoms with Gasteiger partial charge in [-0.3, -0.25) is 0 Å². The second kappa shape index (κ2) is 7.13. The Morgan fingerprint density at radius 1 is 1.42 bits per heavy atom. The number of rotatable bonds is 8. The summed E-state index contributed by atoms with van der Waals surface area (Å²) in [7, 11) is 1.72. The molecule has 1 aliphatic carbocycles. The summed E-state index contributed by atoms with van der Waals surface area (Å²) in [5, 5.41) is 4.20. The maximum absolute atomic E-state index is 6.13. The van der Waals surface area contributed by atoms with Crippen LogP contribution in [0.1, 0.15) is 25.3 Å². The molecule has 0 amide bonds. The summed E-state index contributed by atoms with van der Waals surface area (Å²) in [6.45, 7) is 5.70. The molecule has 0 heterocycles. The first-order valence-corrected chi connectivity index (χ1v) is 7.38. The molecule has 1 aromatic rings. The molecule has 1 saturated carbocycles. The van der Waals surface area contributed by atoms with E-state index in [0.717, 1.165) is 37.3 Å². The number of hydrogen-bond acceptors (Lipinski definition) is 3. The van der Waals surface area contributed by atoms with Crippen LogP contribution in [0.3, 0.4) is 0 Å². The van der Waals surface area contributed by atoms with E-state index in [1.807, 2.05) is 6.07 Å². The van der Waals surface area contributed by atoms with E-state index in [-0.39, 0.29) is 0 Å². The highest BCUT2D eigenvalue weighted by molar-refractivity contribution is 6.30. The first-order chi connectivity index (χ1) is 9.26. The molecule has 0 spiro atoms. The van der Waals surface area contributed by atoms with Gasteiger partial charge in [0.25, 0.3) is 0 Å². The Balaban J connectivity index is 2.07. The van der Waals surface area contributed by atoms with Crippen LogP contribution in [-0.4, -0.2) is 32.8 Å². The SMILES string of the molecule is CCN(c1ccc(Cl)cc1CNCCOC)C1CC1. The lowest BCUT2D eigenvalue weighted by molar-refractivity contribution is 0.199. The standard InChI is InChI=1S/C15H23ClN2O/c1-3-18(14-5-6-14)15-7-4-13(16)10-12(15)11-17-8-9-19-2/h4,7,10,14,17H,3,5-6,8-9,11H2,1-2H3. The molecule has 0 unspecified atom stereocenters. The molecule has 1 aromatic carbocycles. The van der Waals surface area contributed by atoms with Gasteiger partial charge < -0.3 is 15.0 Å². The van der Waals surface area contributed by atoms with E-state index < -0.39 is 0 Å². The molecule has 4 heteroatoms. The molecule has 0 radical (unpaired) electrons. The van der Waals surface area contributed by atoms with Crippen LogP contribution >= 0.6 is 11.6 Å².